The lowest BCUT2D eigenvalue weighted by atomic mass is 9.96. The number of hydrogen-bond donors (Lipinski definition) is 1. The molecule has 0 bridgehead atoms. The molecule has 1 fully saturated rings. The van der Waals surface area contributed by atoms with Crippen molar-refractivity contribution >= 4 is 23.1 Å². The fourth-order valence-corrected chi connectivity index (χ4v) is 4.41. The number of fused-ring (bicyclic) bond motifs is 1. The molecular formula is C26H30N4O4. The van der Waals surface area contributed by atoms with Crippen LogP contribution in [0.1, 0.15) is 35.5 Å². The van der Waals surface area contributed by atoms with Gasteiger partial charge in [-0.25, -0.2) is 4.98 Å². The van der Waals surface area contributed by atoms with Crippen LogP contribution < -0.4 is 4.74 Å². The molecule has 0 aliphatic carbocycles. The Kier molecular flexibility index (Phi) is 6.43. The van der Waals surface area contributed by atoms with E-state index < -0.39 is 17.7 Å². The summed E-state index contributed by atoms with van der Waals surface area (Å²) < 4.78 is 7.32. The topological polar surface area (TPSA) is 87.4 Å². The van der Waals surface area contributed by atoms with E-state index in [4.69, 9.17) is 4.74 Å². The van der Waals surface area contributed by atoms with Gasteiger partial charge in [-0.15, -0.1) is 0 Å². The van der Waals surface area contributed by atoms with E-state index in [-0.39, 0.29) is 11.3 Å². The number of likely N-dealkylation sites (tertiary alicyclic amines) is 1. The lowest BCUT2D eigenvalue weighted by Gasteiger charge is -2.26. The number of rotatable bonds is 7. The smallest absolute Gasteiger partial charge is 0.295 e. The van der Waals surface area contributed by atoms with Crippen molar-refractivity contribution in [3.63, 3.8) is 0 Å². The van der Waals surface area contributed by atoms with Crippen LogP contribution >= 0.6 is 0 Å². The molecule has 0 unspecified atom stereocenters. The van der Waals surface area contributed by atoms with Crippen LogP contribution in [0.2, 0.25) is 0 Å². The second kappa shape index (κ2) is 9.30. The molecule has 3 heterocycles. The number of amides is 1. The minimum absolute atomic E-state index is 0.0688. The number of likely N-dealkylation sites (N-methyl/N-ethyl adjacent to an activating group) is 1. The minimum Gasteiger partial charge on any atom is -0.505 e. The van der Waals surface area contributed by atoms with E-state index in [2.05, 4.69) is 4.98 Å². The molecule has 178 valence electrons. The van der Waals surface area contributed by atoms with Crippen LogP contribution in [0.3, 0.4) is 0 Å². The minimum atomic E-state index is -0.717. The molecule has 0 saturated carbocycles. The zero-order valence-electron chi connectivity index (χ0n) is 20.2. The quantitative estimate of drug-likeness (QED) is 0.329. The van der Waals surface area contributed by atoms with Gasteiger partial charge >= 0.3 is 0 Å². The highest BCUT2D eigenvalue weighted by Gasteiger charge is 2.46. The number of imidazole rings is 1. The molecule has 3 aromatic rings. The first-order valence-corrected chi connectivity index (χ1v) is 11.3. The van der Waals surface area contributed by atoms with Crippen LogP contribution in [0.25, 0.3) is 11.4 Å². The van der Waals surface area contributed by atoms with Crippen molar-refractivity contribution in [2.75, 3.05) is 33.8 Å². The summed E-state index contributed by atoms with van der Waals surface area (Å²) in [6.07, 6.45) is 1.80. The van der Waals surface area contributed by atoms with E-state index in [1.54, 1.807) is 17.5 Å². The maximum Gasteiger partial charge on any atom is 0.295 e. The number of aliphatic hydroxyl groups excluding tert-OH is 1. The highest BCUT2D eigenvalue weighted by Crippen LogP contribution is 2.40. The number of benzene rings is 1. The van der Waals surface area contributed by atoms with Crippen molar-refractivity contribution in [1.29, 1.82) is 0 Å². The average molecular weight is 463 g/mol. The highest BCUT2D eigenvalue weighted by molar-refractivity contribution is 6.46. The van der Waals surface area contributed by atoms with Crippen LogP contribution in [-0.2, 0) is 9.59 Å². The van der Waals surface area contributed by atoms with E-state index in [1.807, 2.05) is 69.2 Å². The number of carbonyl (C=O) groups excluding carboxylic acids is 2. The fraction of sp³-hybridized carbons (Fsp3) is 0.346. The second-order valence-electron chi connectivity index (χ2n) is 8.73. The first-order valence-electron chi connectivity index (χ1n) is 11.3. The van der Waals surface area contributed by atoms with Gasteiger partial charge in [-0.1, -0.05) is 18.2 Å². The number of aliphatic hydroxyl groups is 1. The van der Waals surface area contributed by atoms with E-state index in [0.29, 0.717) is 42.5 Å². The number of carbonyl (C=O) groups is 2. The maximum atomic E-state index is 13.3. The molecule has 0 radical (unpaired) electrons. The molecule has 0 spiro atoms. The Balaban J connectivity index is 1.90. The number of ketones is 1. The molecule has 1 saturated heterocycles. The molecule has 8 nitrogen and oxygen atoms in total. The Hall–Kier alpha value is -3.65. The molecule has 2 aromatic heterocycles. The van der Waals surface area contributed by atoms with E-state index in [0.717, 1.165) is 11.1 Å². The molecule has 1 amide bonds. The Labute approximate surface area is 199 Å². The first-order chi connectivity index (χ1) is 16.2. The number of Topliss-reactive ketones (excluding diaryl/α,β-unsaturated/α-hetero) is 1. The summed E-state index contributed by atoms with van der Waals surface area (Å²) in [6, 6.07) is 10.4. The van der Waals surface area contributed by atoms with Gasteiger partial charge in [0, 0.05) is 19.3 Å². The van der Waals surface area contributed by atoms with Crippen LogP contribution in [0.5, 0.6) is 5.75 Å². The zero-order valence-corrected chi connectivity index (χ0v) is 20.2. The monoisotopic (exact) mass is 462 g/mol. The third-order valence-electron chi connectivity index (χ3n) is 6.08. The second-order valence-corrected chi connectivity index (χ2v) is 8.73. The summed E-state index contributed by atoms with van der Waals surface area (Å²) in [7, 11) is 3.82. The zero-order chi connectivity index (χ0) is 24.6. The lowest BCUT2D eigenvalue weighted by Crippen LogP contribution is -2.35. The molecule has 34 heavy (non-hydrogen) atoms. The molecule has 1 aliphatic rings. The number of ether oxygens (including phenoxy) is 1. The number of pyridine rings is 1. The Bertz CT molecular complexity index is 1270. The van der Waals surface area contributed by atoms with Gasteiger partial charge in [0.1, 0.15) is 17.1 Å². The maximum absolute atomic E-state index is 13.3. The molecule has 1 aromatic carbocycles. The van der Waals surface area contributed by atoms with Crippen molar-refractivity contribution in [2.24, 2.45) is 0 Å². The summed E-state index contributed by atoms with van der Waals surface area (Å²) in [6.45, 7) is 7.09. The van der Waals surface area contributed by atoms with Gasteiger partial charge in [-0.05, 0) is 64.2 Å². The van der Waals surface area contributed by atoms with Gasteiger partial charge in [0.15, 0.2) is 5.76 Å². The molecular weight excluding hydrogens is 432 g/mol. The Morgan fingerprint density at radius 1 is 1.15 bits per heavy atom. The van der Waals surface area contributed by atoms with Gasteiger partial charge in [-0.3, -0.25) is 14.0 Å². The van der Waals surface area contributed by atoms with Crippen LogP contribution in [0.15, 0.2) is 48.2 Å². The van der Waals surface area contributed by atoms with Gasteiger partial charge < -0.3 is 19.6 Å². The summed E-state index contributed by atoms with van der Waals surface area (Å²) in [5.41, 5.74) is 3.43. The average Bonchev–Trinajstić information content (AvgIpc) is 3.27. The van der Waals surface area contributed by atoms with Crippen LogP contribution in [-0.4, -0.2) is 69.8 Å². The number of hydrogen-bond acceptors (Lipinski definition) is 6. The summed E-state index contributed by atoms with van der Waals surface area (Å²) in [4.78, 5) is 34.5. The molecule has 1 aliphatic heterocycles. The first kappa shape index (κ1) is 23.5. The SMILES string of the molecule is CCOc1ccc([C@H]2C(=C(O)c3c(C)nc4c(C)cccn34)C(=O)C(=O)N2CCN(C)C)cc1. The predicted molar refractivity (Wildman–Crippen MR) is 130 cm³/mol. The van der Waals surface area contributed by atoms with Crippen molar-refractivity contribution < 1.29 is 19.4 Å². The van der Waals surface area contributed by atoms with Gasteiger partial charge in [0.25, 0.3) is 11.7 Å². The Morgan fingerprint density at radius 2 is 1.85 bits per heavy atom. The summed E-state index contributed by atoms with van der Waals surface area (Å²) in [5.74, 6) is -0.841. The van der Waals surface area contributed by atoms with Crippen molar-refractivity contribution in [3.8, 4) is 5.75 Å². The van der Waals surface area contributed by atoms with Crippen molar-refractivity contribution in [3.05, 3.63) is 70.7 Å². The van der Waals surface area contributed by atoms with Crippen LogP contribution in [0.4, 0.5) is 0 Å². The van der Waals surface area contributed by atoms with E-state index >= 15 is 0 Å². The predicted octanol–water partition coefficient (Wildman–Crippen LogP) is 3.33. The third kappa shape index (κ3) is 4.05. The van der Waals surface area contributed by atoms with Gasteiger partial charge in [-0.2, -0.15) is 0 Å². The Morgan fingerprint density at radius 3 is 2.50 bits per heavy atom. The van der Waals surface area contributed by atoms with E-state index in [9.17, 15) is 14.7 Å². The fourth-order valence-electron chi connectivity index (χ4n) is 4.41. The third-order valence-corrected chi connectivity index (χ3v) is 6.08. The van der Waals surface area contributed by atoms with Crippen LogP contribution in [0, 0.1) is 13.8 Å². The standard InChI is InChI=1S/C26H30N4O4/c1-6-34-19-11-9-18(10-12-19)22-20(24(32)26(33)30(22)15-14-28(4)5)23(31)21-17(3)27-25-16(2)8-7-13-29(21)25/h7-13,22,31H,6,14-15H2,1-5H3/t22-/m0/s1. The number of nitrogens with zero attached hydrogens (tertiary/aromatic N) is 4. The molecule has 4 rings (SSSR count). The lowest BCUT2D eigenvalue weighted by molar-refractivity contribution is -0.140. The largest absolute Gasteiger partial charge is 0.505 e. The van der Waals surface area contributed by atoms with Gasteiger partial charge in [0.2, 0.25) is 0 Å². The van der Waals surface area contributed by atoms with E-state index in [1.165, 1.54) is 4.90 Å². The number of aromatic nitrogens is 2. The number of aryl methyl sites for hydroxylation is 2. The molecule has 1 N–H and O–H groups in total. The summed E-state index contributed by atoms with van der Waals surface area (Å²) in [5, 5.41) is 11.5. The molecule has 1 atom stereocenters. The molecule has 8 heteroatoms. The van der Waals surface area contributed by atoms with Gasteiger partial charge in [0.05, 0.1) is 23.9 Å². The summed E-state index contributed by atoms with van der Waals surface area (Å²) >= 11 is 0. The van der Waals surface area contributed by atoms with Crippen molar-refractivity contribution in [2.45, 2.75) is 26.8 Å². The highest BCUT2D eigenvalue weighted by atomic mass is 16.5. The van der Waals surface area contributed by atoms with Crippen molar-refractivity contribution in [1.82, 2.24) is 19.2 Å². The normalized spacial score (nSPS) is 17.8.